The number of carbonyl (C=O) groups excluding carboxylic acids is 1. The van der Waals surface area contributed by atoms with Crippen molar-refractivity contribution in [1.29, 1.82) is 0 Å². The lowest BCUT2D eigenvalue weighted by Gasteiger charge is -2.15. The molecule has 1 atom stereocenters. The average Bonchev–Trinajstić information content (AvgIpc) is 3.38. The topological polar surface area (TPSA) is 108 Å². The van der Waals surface area contributed by atoms with Gasteiger partial charge in [-0.15, -0.1) is 17.8 Å². The van der Waals surface area contributed by atoms with Gasteiger partial charge in [0.25, 0.3) is 0 Å². The Morgan fingerprint density at radius 3 is 2.73 bits per heavy atom. The fourth-order valence-corrected chi connectivity index (χ4v) is 5.13. The molecule has 0 aliphatic rings. The molecule has 0 bridgehead atoms. The number of nitrogens with one attached hydrogen (secondary N) is 1. The smallest absolute Gasteiger partial charge is 0.413 e. The number of ether oxygens (including phenoxy) is 3. The molecule has 5 aromatic rings. The Balaban J connectivity index is 1.37. The van der Waals surface area contributed by atoms with E-state index in [2.05, 4.69) is 31.2 Å². The highest BCUT2D eigenvalue weighted by molar-refractivity contribution is 7.21. The lowest BCUT2D eigenvalue weighted by Crippen LogP contribution is -2.26. The molecular weight excluding hydrogens is 557 g/mol. The third-order valence-electron chi connectivity index (χ3n) is 5.72. The molecule has 0 saturated carbocycles. The van der Waals surface area contributed by atoms with Gasteiger partial charge in [-0.1, -0.05) is 17.5 Å². The maximum atomic E-state index is 15.2. The molecule has 202 valence electrons. The van der Waals surface area contributed by atoms with Crippen molar-refractivity contribution in [2.24, 2.45) is 0 Å². The number of carbonyl (C=O) groups is 1. The van der Waals surface area contributed by atoms with Crippen LogP contribution in [0.3, 0.4) is 0 Å². The number of halogens is 2. The molecule has 0 fully saturated rings. The van der Waals surface area contributed by atoms with Gasteiger partial charge >= 0.3 is 6.09 Å². The van der Waals surface area contributed by atoms with Crippen molar-refractivity contribution in [3.63, 3.8) is 0 Å². The Bertz CT molecular complexity index is 1790. The predicted octanol–water partition coefficient (Wildman–Crippen LogP) is 6.35. The Kier molecular flexibility index (Phi) is 7.64. The molecule has 3 aromatic heterocycles. The molecule has 0 spiro atoms. The minimum atomic E-state index is -1.10. The summed E-state index contributed by atoms with van der Waals surface area (Å²) < 4.78 is 31.8. The van der Waals surface area contributed by atoms with Crippen LogP contribution in [0, 0.1) is 32.0 Å². The van der Waals surface area contributed by atoms with Crippen molar-refractivity contribution in [3.05, 3.63) is 64.8 Å². The fourth-order valence-electron chi connectivity index (χ4n) is 3.81. The zero-order chi connectivity index (χ0) is 28.4. The summed E-state index contributed by atoms with van der Waals surface area (Å²) >= 11 is 7.65. The van der Waals surface area contributed by atoms with Gasteiger partial charge in [0.2, 0.25) is 5.88 Å². The van der Waals surface area contributed by atoms with Gasteiger partial charge in [-0.25, -0.2) is 24.1 Å². The first kappa shape index (κ1) is 27.1. The van der Waals surface area contributed by atoms with E-state index in [0.29, 0.717) is 32.3 Å². The number of fused-ring (bicyclic) bond motifs is 2. The monoisotopic (exact) mass is 577 g/mol. The number of pyridine rings is 1. The molecular formula is C28H21ClFN5O4S. The van der Waals surface area contributed by atoms with Crippen LogP contribution < -0.4 is 14.8 Å². The Labute approximate surface area is 237 Å². The van der Waals surface area contributed by atoms with E-state index in [9.17, 15) is 4.79 Å². The van der Waals surface area contributed by atoms with Crippen LogP contribution in [0.25, 0.3) is 31.8 Å². The molecule has 1 amide bonds. The number of benzene rings is 2. The predicted molar refractivity (Wildman–Crippen MR) is 152 cm³/mol. The largest absolute Gasteiger partial charge is 0.485 e. The van der Waals surface area contributed by atoms with E-state index in [0.717, 1.165) is 16.8 Å². The molecule has 0 aliphatic heterocycles. The van der Waals surface area contributed by atoms with Crippen molar-refractivity contribution in [1.82, 2.24) is 19.9 Å². The van der Waals surface area contributed by atoms with Crippen LogP contribution in [0.4, 0.5) is 14.9 Å². The third-order valence-corrected chi connectivity index (χ3v) is 7.10. The third kappa shape index (κ3) is 5.59. The molecule has 2 aromatic carbocycles. The summed E-state index contributed by atoms with van der Waals surface area (Å²) in [5.41, 5.74) is 4.42. The van der Waals surface area contributed by atoms with Gasteiger partial charge in [0.15, 0.2) is 17.7 Å². The zero-order valence-electron chi connectivity index (χ0n) is 21.5. The van der Waals surface area contributed by atoms with E-state index < -0.39 is 18.0 Å². The van der Waals surface area contributed by atoms with E-state index in [1.54, 1.807) is 12.1 Å². The number of anilines is 1. The summed E-state index contributed by atoms with van der Waals surface area (Å²) in [5, 5.41) is 2.90. The van der Waals surface area contributed by atoms with Gasteiger partial charge in [0.1, 0.15) is 22.2 Å². The number of rotatable bonds is 7. The summed E-state index contributed by atoms with van der Waals surface area (Å²) in [6.07, 6.45) is 6.61. The second-order valence-corrected chi connectivity index (χ2v) is 10.1. The van der Waals surface area contributed by atoms with Crippen LogP contribution >= 0.6 is 22.9 Å². The molecule has 9 nitrogen and oxygen atoms in total. The van der Waals surface area contributed by atoms with E-state index in [4.69, 9.17) is 32.2 Å². The number of amides is 1. The van der Waals surface area contributed by atoms with Crippen LogP contribution in [-0.4, -0.2) is 45.8 Å². The maximum Gasteiger partial charge on any atom is 0.413 e. The summed E-state index contributed by atoms with van der Waals surface area (Å²) in [7, 11) is 1.52. The summed E-state index contributed by atoms with van der Waals surface area (Å²) in [6.45, 7) is 3.44. The van der Waals surface area contributed by atoms with Gasteiger partial charge < -0.3 is 14.2 Å². The first-order chi connectivity index (χ1) is 19.2. The quantitative estimate of drug-likeness (QED) is 0.223. The highest BCUT2D eigenvalue weighted by atomic mass is 35.5. The minimum absolute atomic E-state index is 0.154. The standard InChI is InChI=1S/C28H21ClFN5O4S/c1-5-17(39-28(36)33-16-7-6-15(3)31-11-16)13-38-20-10-21-26(23(29)24(20)30)35-27(40-21)18-8-14(2)9-19-25(18)32-12-22(34-19)37-4/h1,6-12,17H,13H2,2-4H3,(H,33,36)/t17-/m1/s1. The lowest BCUT2D eigenvalue weighted by molar-refractivity contribution is 0.104. The van der Waals surface area contributed by atoms with Gasteiger partial charge in [0, 0.05) is 17.3 Å². The van der Waals surface area contributed by atoms with Crippen molar-refractivity contribution in [3.8, 4) is 34.5 Å². The number of terminal acetylenes is 1. The van der Waals surface area contributed by atoms with Crippen molar-refractivity contribution < 1.29 is 23.4 Å². The van der Waals surface area contributed by atoms with Crippen LogP contribution in [0.2, 0.25) is 5.02 Å². The second-order valence-electron chi connectivity index (χ2n) is 8.65. The molecule has 0 unspecified atom stereocenters. The van der Waals surface area contributed by atoms with Crippen LogP contribution in [0.15, 0.2) is 42.7 Å². The Hall–Kier alpha value is -4.53. The molecule has 5 rings (SSSR count). The summed E-state index contributed by atoms with van der Waals surface area (Å²) in [4.78, 5) is 29.9. The fraction of sp³-hybridized carbons (Fsp3) is 0.179. The maximum absolute atomic E-state index is 15.2. The first-order valence-corrected chi connectivity index (χ1v) is 13.0. The number of aryl methyl sites for hydroxylation is 2. The molecule has 3 heterocycles. The van der Waals surface area contributed by atoms with Gasteiger partial charge in [0.05, 0.1) is 40.9 Å². The molecule has 1 N–H and O–H groups in total. The zero-order valence-corrected chi connectivity index (χ0v) is 23.1. The normalized spacial score (nSPS) is 11.7. The Morgan fingerprint density at radius 2 is 2.00 bits per heavy atom. The van der Waals surface area contributed by atoms with Crippen LogP contribution in [0.1, 0.15) is 11.3 Å². The highest BCUT2D eigenvalue weighted by Crippen LogP contribution is 2.40. The number of methoxy groups -OCH3 is 1. The average molecular weight is 578 g/mol. The highest BCUT2D eigenvalue weighted by Gasteiger charge is 2.21. The van der Waals surface area contributed by atoms with Crippen LogP contribution in [-0.2, 0) is 4.74 Å². The molecule has 40 heavy (non-hydrogen) atoms. The number of thiazole rings is 1. The molecule has 12 heteroatoms. The van der Waals surface area contributed by atoms with Crippen molar-refractivity contribution >= 4 is 56.0 Å². The lowest BCUT2D eigenvalue weighted by atomic mass is 10.1. The van der Waals surface area contributed by atoms with E-state index in [-0.39, 0.29) is 22.9 Å². The molecule has 0 saturated heterocycles. The summed E-state index contributed by atoms with van der Waals surface area (Å²) in [6, 6.07) is 8.70. The van der Waals surface area contributed by atoms with Gasteiger partial charge in [-0.05, 0) is 43.7 Å². The van der Waals surface area contributed by atoms with E-state index in [1.165, 1.54) is 36.9 Å². The van der Waals surface area contributed by atoms with Gasteiger partial charge in [-0.3, -0.25) is 10.3 Å². The number of nitrogens with zero attached hydrogens (tertiary/aromatic N) is 4. The van der Waals surface area contributed by atoms with E-state index in [1.807, 2.05) is 26.0 Å². The SMILES string of the molecule is C#C[C@H](COc1cc2sc(-c3cc(C)cc4nc(OC)cnc34)nc2c(Cl)c1F)OC(=O)Nc1ccc(C)nc1. The van der Waals surface area contributed by atoms with Crippen LogP contribution in [0.5, 0.6) is 11.6 Å². The van der Waals surface area contributed by atoms with Crippen molar-refractivity contribution in [2.75, 3.05) is 19.0 Å². The second kappa shape index (κ2) is 11.3. The Morgan fingerprint density at radius 1 is 1.18 bits per heavy atom. The molecule has 0 radical (unpaired) electrons. The number of hydrogen-bond donors (Lipinski definition) is 1. The van der Waals surface area contributed by atoms with Gasteiger partial charge in [-0.2, -0.15) is 0 Å². The van der Waals surface area contributed by atoms with Crippen molar-refractivity contribution in [2.45, 2.75) is 20.0 Å². The number of hydrogen-bond acceptors (Lipinski definition) is 9. The van der Waals surface area contributed by atoms with E-state index >= 15 is 4.39 Å². The summed E-state index contributed by atoms with van der Waals surface area (Å²) in [5.74, 6) is 1.74. The number of aromatic nitrogens is 4. The first-order valence-electron chi connectivity index (χ1n) is 11.8. The molecule has 0 aliphatic carbocycles. The minimum Gasteiger partial charge on any atom is -0.485 e.